The van der Waals surface area contributed by atoms with Gasteiger partial charge in [0.25, 0.3) is 0 Å². The molecule has 0 atom stereocenters. The van der Waals surface area contributed by atoms with Crippen LogP contribution in [0.5, 0.6) is 69.0 Å². The molecule has 20 heteroatoms. The van der Waals surface area contributed by atoms with Gasteiger partial charge in [0, 0.05) is 68.2 Å². The van der Waals surface area contributed by atoms with Crippen molar-refractivity contribution in [2.45, 2.75) is 183 Å². The summed E-state index contributed by atoms with van der Waals surface area (Å²) < 4.78 is 79.5. The van der Waals surface area contributed by atoms with E-state index in [1.165, 1.54) is 0 Å². The molecule has 16 nitrogen and oxygen atoms in total. The van der Waals surface area contributed by atoms with Gasteiger partial charge in [-0.15, -0.1) is 0 Å². The molecule has 0 aromatic heterocycles. The van der Waals surface area contributed by atoms with Gasteiger partial charge >= 0.3 is 34.4 Å². The second-order valence-electron chi connectivity index (χ2n) is 19.9. The van der Waals surface area contributed by atoms with Crippen LogP contribution in [0.2, 0.25) is 0 Å². The first kappa shape index (κ1) is 52.9. The molecule has 0 fully saturated rings. The molecule has 4 aromatic rings. The van der Waals surface area contributed by atoms with Gasteiger partial charge < -0.3 is 56.6 Å². The van der Waals surface area contributed by atoms with Crippen molar-refractivity contribution in [3.8, 4) is 69.0 Å². The van der Waals surface area contributed by atoms with Crippen LogP contribution in [0.25, 0.3) is 0 Å². The molecule has 4 aromatic carbocycles. The fraction of sp³-hybridized carbons (Fsp3) is 0.538. The van der Waals surface area contributed by atoms with Gasteiger partial charge in [-0.2, -0.15) is 0 Å². The third-order valence-corrected chi connectivity index (χ3v) is 17.9. The molecule has 9 rings (SSSR count). The second kappa shape index (κ2) is 21.7. The topological polar surface area (TPSA) is 192 Å². The lowest BCUT2D eigenvalue weighted by molar-refractivity contribution is 0.198. The van der Waals surface area contributed by atoms with E-state index < -0.39 is 82.5 Å². The van der Waals surface area contributed by atoms with Crippen molar-refractivity contribution in [1.29, 1.82) is 0 Å². The highest BCUT2D eigenvalue weighted by Crippen LogP contribution is 2.69. The van der Waals surface area contributed by atoms with Crippen LogP contribution in [0, 0.1) is 0 Å². The fourth-order valence-corrected chi connectivity index (χ4v) is 14.7. The molecular weight excluding hydrogens is 1000 g/mol. The minimum absolute atomic E-state index is 0.0968. The van der Waals surface area contributed by atoms with E-state index in [9.17, 15) is 20.4 Å². The Bertz CT molecular complexity index is 2170. The highest BCUT2D eigenvalue weighted by atomic mass is 31.2. The molecule has 4 N–H and O–H groups in total. The van der Waals surface area contributed by atoms with Gasteiger partial charge in [0.15, 0.2) is 46.0 Å². The zero-order valence-corrected chi connectivity index (χ0v) is 46.6. The van der Waals surface area contributed by atoms with E-state index in [2.05, 4.69) is 27.7 Å². The van der Waals surface area contributed by atoms with Crippen LogP contribution in [0.4, 0.5) is 0 Å². The molecular formula is C52H68O16P4. The summed E-state index contributed by atoms with van der Waals surface area (Å²) in [6.45, 7) is 23.0. The van der Waals surface area contributed by atoms with Crippen LogP contribution >= 0.6 is 34.4 Å². The molecule has 0 saturated heterocycles. The number of phenols is 4. The van der Waals surface area contributed by atoms with E-state index >= 15 is 0 Å². The number of hydrogen-bond acceptors (Lipinski definition) is 16. The van der Waals surface area contributed by atoms with Crippen molar-refractivity contribution in [2.24, 2.45) is 0 Å². The molecule has 1 aliphatic carbocycles. The molecule has 4 heterocycles. The van der Waals surface area contributed by atoms with E-state index in [4.69, 9.17) is 54.3 Å². The molecule has 8 bridgehead atoms. The lowest BCUT2D eigenvalue weighted by Gasteiger charge is -2.37. The minimum Gasteiger partial charge on any atom is -0.502 e. The Morgan fingerprint density at radius 3 is 0.611 bits per heavy atom. The Morgan fingerprint density at radius 1 is 0.333 bits per heavy atom. The van der Waals surface area contributed by atoms with Gasteiger partial charge in [-0.3, -0.25) is 18.1 Å². The molecule has 5 aliphatic rings. The van der Waals surface area contributed by atoms with Crippen LogP contribution in [-0.2, 0) is 18.1 Å². The summed E-state index contributed by atoms with van der Waals surface area (Å²) in [5.74, 6) is -2.67. The first-order valence-corrected chi connectivity index (χ1v) is 29.7. The average Bonchev–Trinajstić information content (AvgIpc) is 3.29. The van der Waals surface area contributed by atoms with Gasteiger partial charge in [0.2, 0.25) is 23.0 Å². The summed E-state index contributed by atoms with van der Waals surface area (Å²) >= 11 is 0. The summed E-state index contributed by atoms with van der Waals surface area (Å²) in [5, 5.41) is 51.8. The second-order valence-corrected chi connectivity index (χ2v) is 23.9. The lowest BCUT2D eigenvalue weighted by atomic mass is 9.76. The van der Waals surface area contributed by atoms with E-state index in [1.54, 1.807) is 0 Å². The quantitative estimate of drug-likeness (QED) is 0.0774. The van der Waals surface area contributed by atoms with Crippen molar-refractivity contribution in [3.05, 3.63) is 68.8 Å². The lowest BCUT2D eigenvalue weighted by Crippen LogP contribution is -2.20. The summed E-state index contributed by atoms with van der Waals surface area (Å²) in [6, 6.07) is 8.10. The maximum Gasteiger partial charge on any atom is 0.463 e. The van der Waals surface area contributed by atoms with E-state index in [0.29, 0.717) is 95.9 Å². The Morgan fingerprint density at radius 2 is 0.486 bits per heavy atom. The molecule has 0 spiro atoms. The molecule has 392 valence electrons. The van der Waals surface area contributed by atoms with E-state index in [0.717, 1.165) is 0 Å². The highest BCUT2D eigenvalue weighted by molar-refractivity contribution is 7.43. The summed E-state index contributed by atoms with van der Waals surface area (Å²) in [6.07, 6.45) is 3.15. The molecule has 0 unspecified atom stereocenters. The average molecular weight is 1070 g/mol. The number of benzene rings is 4. The predicted molar refractivity (Wildman–Crippen MR) is 277 cm³/mol. The van der Waals surface area contributed by atoms with Gasteiger partial charge in [-0.25, -0.2) is 0 Å². The number of rotatable bonds is 16. The summed E-state index contributed by atoms with van der Waals surface area (Å²) in [4.78, 5) is 0. The van der Waals surface area contributed by atoms with Crippen LogP contribution in [0.3, 0.4) is 0 Å². The minimum atomic E-state index is -2.38. The summed E-state index contributed by atoms with van der Waals surface area (Å²) in [5.41, 5.74) is 4.89. The van der Waals surface area contributed by atoms with Gasteiger partial charge in [0.1, 0.15) is 0 Å². The standard InChI is InChI=1S/C52H68O16P4/c1-13-17-29-33-21-35-30(18-14-2)37-23-39-32(20-16-4)40-24-38-31(19-15-3)36-22-34(29)46-42(54)48(36)64-71(59-27(9)10)66-50(38)44(56)52(40)68-72(60-28(11)12)67-51(39)43(55)49(37)65-70(58-26(7)8)63-47(35)41(53)45(33)61-69(62-46)57-25(5)6/h21-32,53-56H,13-20H2,1-12H3. The molecule has 0 radical (unpaired) electrons. The predicted octanol–water partition coefficient (Wildman–Crippen LogP) is 16.2. The van der Waals surface area contributed by atoms with Crippen molar-refractivity contribution in [3.63, 3.8) is 0 Å². The first-order valence-electron chi connectivity index (χ1n) is 25.4. The van der Waals surface area contributed by atoms with Crippen molar-refractivity contribution < 1.29 is 74.7 Å². The maximum absolute atomic E-state index is 13.0. The van der Waals surface area contributed by atoms with E-state index in [1.807, 2.05) is 79.7 Å². The van der Waals surface area contributed by atoms with Crippen LogP contribution < -0.4 is 36.2 Å². The SMILES string of the molecule is CCCC1c2cc3c4c(O)c2OP(OC(C)C)Oc2c1cc1c(c2O)OP(OC(C)C)Oc2c(cc5c(c2O)OP(OC(C)C)Oc2c(cc(c(c2O)OP(OC(C)C)O4)C3CCC)C5CCC)C1CCC. The van der Waals surface area contributed by atoms with Crippen molar-refractivity contribution in [1.82, 2.24) is 0 Å². The normalized spacial score (nSPS) is 23.3. The van der Waals surface area contributed by atoms with Crippen LogP contribution in [-0.4, -0.2) is 44.8 Å². The number of phenolic OH excluding ortho intramolecular Hbond substituents is 4. The monoisotopic (exact) mass is 1070 g/mol. The number of hydrogen-bond donors (Lipinski definition) is 4. The molecule has 0 saturated carbocycles. The Labute approximate surface area is 427 Å². The molecule has 4 aliphatic heterocycles. The zero-order valence-electron chi connectivity index (χ0n) is 43.1. The van der Waals surface area contributed by atoms with Gasteiger partial charge in [0.05, 0.1) is 24.4 Å². The van der Waals surface area contributed by atoms with Crippen LogP contribution in [0.1, 0.15) is 203 Å². The van der Waals surface area contributed by atoms with Crippen molar-refractivity contribution in [2.75, 3.05) is 0 Å². The number of aromatic hydroxyl groups is 4. The van der Waals surface area contributed by atoms with E-state index in [-0.39, 0.29) is 69.0 Å². The van der Waals surface area contributed by atoms with Gasteiger partial charge in [-0.1, -0.05) is 53.4 Å². The molecule has 0 amide bonds. The Balaban J connectivity index is 1.51. The third-order valence-electron chi connectivity index (χ3n) is 12.9. The summed E-state index contributed by atoms with van der Waals surface area (Å²) in [7, 11) is -9.54. The first-order chi connectivity index (χ1) is 34.5. The largest absolute Gasteiger partial charge is 0.502 e. The van der Waals surface area contributed by atoms with Crippen molar-refractivity contribution >= 4 is 34.4 Å². The Hall–Kier alpha value is -3.96. The van der Waals surface area contributed by atoms with Gasteiger partial charge in [-0.05, 0) is 105 Å². The smallest absolute Gasteiger partial charge is 0.463 e. The molecule has 72 heavy (non-hydrogen) atoms. The van der Waals surface area contributed by atoms with Crippen LogP contribution in [0.15, 0.2) is 24.3 Å². The Kier molecular flexibility index (Phi) is 15.9. The third kappa shape index (κ3) is 9.89. The fourth-order valence-electron chi connectivity index (χ4n) is 10.1. The highest BCUT2D eigenvalue weighted by Gasteiger charge is 2.46. The maximum atomic E-state index is 13.0. The zero-order chi connectivity index (χ0) is 51.4.